The van der Waals surface area contributed by atoms with E-state index in [0.29, 0.717) is 0 Å². The van der Waals surface area contributed by atoms with E-state index in [1.54, 1.807) is 13.3 Å². The summed E-state index contributed by atoms with van der Waals surface area (Å²) in [5, 5.41) is 9.91. The minimum atomic E-state index is -0.0868. The summed E-state index contributed by atoms with van der Waals surface area (Å²) < 4.78 is 5.33. The molecule has 27 heavy (non-hydrogen) atoms. The van der Waals surface area contributed by atoms with Gasteiger partial charge in [0, 0.05) is 23.9 Å². The lowest BCUT2D eigenvalue weighted by molar-refractivity contribution is 0.207. The van der Waals surface area contributed by atoms with Gasteiger partial charge in [0.15, 0.2) is 0 Å². The van der Waals surface area contributed by atoms with Crippen LogP contribution in [0.5, 0.6) is 5.75 Å². The van der Waals surface area contributed by atoms with E-state index in [9.17, 15) is 4.79 Å². The molecular formula is C21H22N4O2. The number of para-hydroxylation sites is 1. The van der Waals surface area contributed by atoms with Gasteiger partial charge in [-0.25, -0.2) is 4.79 Å². The number of aromatic nitrogens is 2. The molecule has 6 heteroatoms. The average Bonchev–Trinajstić information content (AvgIpc) is 3.40. The highest BCUT2D eigenvalue weighted by molar-refractivity contribution is 5.94. The molecule has 1 aliphatic rings. The normalized spacial score (nSPS) is 16.3. The van der Waals surface area contributed by atoms with Crippen molar-refractivity contribution in [3.8, 4) is 16.9 Å². The van der Waals surface area contributed by atoms with E-state index in [-0.39, 0.29) is 12.1 Å². The average molecular weight is 362 g/mol. The van der Waals surface area contributed by atoms with Gasteiger partial charge < -0.3 is 15.0 Å². The number of nitrogens with one attached hydrogen (secondary N) is 2. The first-order valence-electron chi connectivity index (χ1n) is 9.06. The van der Waals surface area contributed by atoms with E-state index in [1.165, 1.54) is 0 Å². The summed E-state index contributed by atoms with van der Waals surface area (Å²) in [6, 6.07) is 15.7. The number of hydrogen-bond donors (Lipinski definition) is 2. The zero-order valence-corrected chi connectivity index (χ0v) is 15.2. The Morgan fingerprint density at radius 2 is 2.15 bits per heavy atom. The highest BCUT2D eigenvalue weighted by atomic mass is 16.5. The van der Waals surface area contributed by atoms with E-state index in [1.807, 2.05) is 53.6 Å². The zero-order valence-electron chi connectivity index (χ0n) is 15.2. The quantitative estimate of drug-likeness (QED) is 0.720. The number of carbonyl (C=O) groups is 1. The number of amides is 2. The number of benzene rings is 2. The molecule has 1 aromatic heterocycles. The number of rotatable bonds is 4. The van der Waals surface area contributed by atoms with Gasteiger partial charge in [-0.15, -0.1) is 0 Å². The van der Waals surface area contributed by atoms with E-state index in [4.69, 9.17) is 4.74 Å². The van der Waals surface area contributed by atoms with Crippen LogP contribution in [0.2, 0.25) is 0 Å². The van der Waals surface area contributed by atoms with Gasteiger partial charge in [0.2, 0.25) is 0 Å². The van der Waals surface area contributed by atoms with Crippen LogP contribution >= 0.6 is 0 Å². The van der Waals surface area contributed by atoms with Gasteiger partial charge >= 0.3 is 6.03 Å². The Morgan fingerprint density at radius 1 is 1.26 bits per heavy atom. The fourth-order valence-corrected chi connectivity index (χ4v) is 3.63. The summed E-state index contributed by atoms with van der Waals surface area (Å²) >= 11 is 0. The fraction of sp³-hybridized carbons (Fsp3) is 0.238. The van der Waals surface area contributed by atoms with Crippen LogP contribution in [0.15, 0.2) is 60.9 Å². The predicted octanol–water partition coefficient (Wildman–Crippen LogP) is 4.45. The third-order valence-corrected chi connectivity index (χ3v) is 4.97. The molecule has 2 heterocycles. The largest absolute Gasteiger partial charge is 0.497 e. The summed E-state index contributed by atoms with van der Waals surface area (Å²) in [5.74, 6) is 0.810. The summed E-state index contributed by atoms with van der Waals surface area (Å²) in [4.78, 5) is 14.9. The third kappa shape index (κ3) is 3.51. The second-order valence-corrected chi connectivity index (χ2v) is 6.59. The van der Waals surface area contributed by atoms with Crippen LogP contribution in [0, 0.1) is 0 Å². The lowest BCUT2D eigenvalue weighted by Gasteiger charge is -2.26. The number of urea groups is 1. The van der Waals surface area contributed by atoms with Crippen molar-refractivity contribution in [2.75, 3.05) is 19.0 Å². The molecule has 0 unspecified atom stereocenters. The molecule has 0 bridgehead atoms. The molecule has 0 spiro atoms. The lowest BCUT2D eigenvalue weighted by atomic mass is 10.0. The number of H-pyrrole nitrogens is 1. The highest BCUT2D eigenvalue weighted by Gasteiger charge is 2.30. The van der Waals surface area contributed by atoms with Crippen molar-refractivity contribution in [3.05, 3.63) is 66.5 Å². The molecule has 2 amide bonds. The van der Waals surface area contributed by atoms with Gasteiger partial charge in [0.05, 0.1) is 25.0 Å². The molecule has 2 aromatic carbocycles. The number of methoxy groups -OCH3 is 1. The minimum Gasteiger partial charge on any atom is -0.497 e. The van der Waals surface area contributed by atoms with Crippen LogP contribution in [0.25, 0.3) is 11.1 Å². The van der Waals surface area contributed by atoms with Crippen molar-refractivity contribution in [2.24, 2.45) is 0 Å². The Labute approximate surface area is 158 Å². The number of anilines is 1. The smallest absolute Gasteiger partial charge is 0.322 e. The van der Waals surface area contributed by atoms with Crippen LogP contribution in [0.4, 0.5) is 10.5 Å². The van der Waals surface area contributed by atoms with Crippen molar-refractivity contribution in [2.45, 2.75) is 18.9 Å². The van der Waals surface area contributed by atoms with E-state index in [2.05, 4.69) is 21.6 Å². The maximum atomic E-state index is 13.0. The number of aromatic amines is 1. The Bertz CT molecular complexity index is 923. The number of ether oxygens (including phenoxy) is 1. The van der Waals surface area contributed by atoms with Crippen LogP contribution in [0.1, 0.15) is 24.4 Å². The summed E-state index contributed by atoms with van der Waals surface area (Å²) in [6.45, 7) is 0.738. The molecule has 2 N–H and O–H groups in total. The monoisotopic (exact) mass is 362 g/mol. The van der Waals surface area contributed by atoms with Crippen molar-refractivity contribution >= 4 is 11.7 Å². The SMILES string of the molecule is COc1cccc([C@@H]2CCCN2C(=O)Nc2ccccc2-c2cn[nH]c2)c1. The molecule has 1 atom stereocenters. The molecule has 1 fully saturated rings. The Balaban J connectivity index is 1.56. The van der Waals surface area contributed by atoms with Crippen molar-refractivity contribution in [3.63, 3.8) is 0 Å². The van der Waals surface area contributed by atoms with Gasteiger partial charge in [-0.1, -0.05) is 30.3 Å². The molecule has 3 aromatic rings. The third-order valence-electron chi connectivity index (χ3n) is 4.97. The zero-order chi connectivity index (χ0) is 18.6. The van der Waals surface area contributed by atoms with E-state index in [0.717, 1.165) is 47.5 Å². The summed E-state index contributed by atoms with van der Waals surface area (Å²) in [5.41, 5.74) is 3.76. The second kappa shape index (κ2) is 7.53. The van der Waals surface area contributed by atoms with Crippen molar-refractivity contribution in [1.29, 1.82) is 0 Å². The first-order valence-corrected chi connectivity index (χ1v) is 9.06. The lowest BCUT2D eigenvalue weighted by Crippen LogP contribution is -2.34. The Hall–Kier alpha value is -3.28. The molecule has 138 valence electrons. The number of likely N-dealkylation sites (tertiary alicyclic amines) is 1. The molecule has 0 radical (unpaired) electrons. The van der Waals surface area contributed by atoms with Gasteiger partial charge in [-0.3, -0.25) is 5.10 Å². The molecule has 1 saturated heterocycles. The van der Waals surface area contributed by atoms with Crippen molar-refractivity contribution < 1.29 is 9.53 Å². The first kappa shape index (κ1) is 17.1. The second-order valence-electron chi connectivity index (χ2n) is 6.59. The molecule has 0 aliphatic carbocycles. The first-order chi connectivity index (χ1) is 13.3. The molecule has 0 saturated carbocycles. The molecular weight excluding hydrogens is 340 g/mol. The topological polar surface area (TPSA) is 70.2 Å². The van der Waals surface area contributed by atoms with Gasteiger partial charge in [0.1, 0.15) is 5.75 Å². The number of hydrogen-bond acceptors (Lipinski definition) is 3. The van der Waals surface area contributed by atoms with Crippen molar-refractivity contribution in [1.82, 2.24) is 15.1 Å². The maximum absolute atomic E-state index is 13.0. The van der Waals surface area contributed by atoms with Gasteiger partial charge in [-0.2, -0.15) is 5.10 Å². The fourth-order valence-electron chi connectivity index (χ4n) is 3.63. The van der Waals surface area contributed by atoms with Crippen LogP contribution in [-0.4, -0.2) is 34.8 Å². The minimum absolute atomic E-state index is 0.0567. The van der Waals surface area contributed by atoms with Crippen LogP contribution in [-0.2, 0) is 0 Å². The molecule has 6 nitrogen and oxygen atoms in total. The Morgan fingerprint density at radius 3 is 2.96 bits per heavy atom. The Kier molecular flexibility index (Phi) is 4.78. The summed E-state index contributed by atoms with van der Waals surface area (Å²) in [6.07, 6.45) is 5.50. The number of nitrogens with zero attached hydrogens (tertiary/aromatic N) is 2. The maximum Gasteiger partial charge on any atom is 0.322 e. The standard InChI is InChI=1S/C21H22N4O2/c1-27-17-7-4-6-15(12-17)20-10-5-11-25(20)21(26)24-19-9-3-2-8-18(19)16-13-22-23-14-16/h2-4,6-9,12-14,20H,5,10-11H2,1H3,(H,22,23)(H,24,26)/t20-/m0/s1. The number of carbonyl (C=O) groups excluding carboxylic acids is 1. The van der Waals surface area contributed by atoms with Crippen LogP contribution in [0.3, 0.4) is 0 Å². The molecule has 4 rings (SSSR count). The molecule has 1 aliphatic heterocycles. The van der Waals surface area contributed by atoms with Gasteiger partial charge in [0.25, 0.3) is 0 Å². The van der Waals surface area contributed by atoms with Crippen LogP contribution < -0.4 is 10.1 Å². The van der Waals surface area contributed by atoms with E-state index < -0.39 is 0 Å². The highest BCUT2D eigenvalue weighted by Crippen LogP contribution is 2.34. The van der Waals surface area contributed by atoms with Gasteiger partial charge in [-0.05, 0) is 36.6 Å². The predicted molar refractivity (Wildman–Crippen MR) is 105 cm³/mol. The van der Waals surface area contributed by atoms with E-state index >= 15 is 0 Å². The summed E-state index contributed by atoms with van der Waals surface area (Å²) in [7, 11) is 1.66.